The Balaban J connectivity index is 1.95. The molecule has 1 aliphatic rings. The maximum atomic E-state index is 6.07. The smallest absolute Gasteiger partial charge is 0.163 e. The summed E-state index contributed by atoms with van der Waals surface area (Å²) in [6.45, 7) is 2.92. The average Bonchev–Trinajstić information content (AvgIpc) is 2.82. The Morgan fingerprint density at radius 3 is 3.10 bits per heavy atom. The van der Waals surface area contributed by atoms with Crippen molar-refractivity contribution in [3.05, 3.63) is 12.5 Å². The van der Waals surface area contributed by atoms with Gasteiger partial charge in [0.05, 0.1) is 17.1 Å². The highest BCUT2D eigenvalue weighted by Gasteiger charge is 2.34. The second kappa shape index (κ2) is 5.01. The molecule has 2 unspecified atom stereocenters. The van der Waals surface area contributed by atoms with Gasteiger partial charge in [-0.05, 0) is 18.8 Å². The van der Waals surface area contributed by atoms with Gasteiger partial charge in [-0.25, -0.2) is 9.97 Å². The zero-order valence-corrected chi connectivity index (χ0v) is 12.1. The van der Waals surface area contributed by atoms with E-state index in [2.05, 4.69) is 27.3 Å². The molecule has 1 saturated carbocycles. The molecule has 0 spiro atoms. The number of aromatic nitrogens is 4. The fourth-order valence-corrected chi connectivity index (χ4v) is 3.32. The van der Waals surface area contributed by atoms with Crippen LogP contribution in [0.3, 0.4) is 0 Å². The van der Waals surface area contributed by atoms with Crippen LogP contribution >= 0.6 is 0 Å². The number of hydrogen-bond acceptors (Lipinski definition) is 5. The maximum Gasteiger partial charge on any atom is 0.163 e. The van der Waals surface area contributed by atoms with Gasteiger partial charge in [0.15, 0.2) is 5.65 Å². The van der Waals surface area contributed by atoms with Crippen LogP contribution in [0.25, 0.3) is 11.0 Å². The molecule has 6 heteroatoms. The molecule has 108 valence electrons. The summed E-state index contributed by atoms with van der Waals surface area (Å²) in [5.74, 6) is 1.55. The van der Waals surface area contributed by atoms with Crippen molar-refractivity contribution >= 4 is 16.9 Å². The van der Waals surface area contributed by atoms with Gasteiger partial charge in [-0.1, -0.05) is 19.8 Å². The van der Waals surface area contributed by atoms with Crippen LogP contribution in [0.1, 0.15) is 32.6 Å². The molecule has 2 heterocycles. The van der Waals surface area contributed by atoms with E-state index in [4.69, 9.17) is 5.73 Å². The fraction of sp³-hybridized carbons (Fsp3) is 0.643. The number of nitrogens with one attached hydrogen (secondary N) is 1. The van der Waals surface area contributed by atoms with E-state index < -0.39 is 0 Å². The number of fused-ring (bicyclic) bond motifs is 1. The van der Waals surface area contributed by atoms with Gasteiger partial charge >= 0.3 is 0 Å². The molecule has 0 radical (unpaired) electrons. The number of aryl methyl sites for hydroxylation is 1. The summed E-state index contributed by atoms with van der Waals surface area (Å²) in [4.78, 5) is 8.68. The fourth-order valence-electron chi connectivity index (χ4n) is 3.32. The summed E-state index contributed by atoms with van der Waals surface area (Å²) in [5.41, 5.74) is 6.87. The molecule has 1 fully saturated rings. The predicted octanol–water partition coefficient (Wildman–Crippen LogP) is 1.68. The van der Waals surface area contributed by atoms with E-state index in [0.717, 1.165) is 29.7 Å². The molecular formula is C14H22N6. The summed E-state index contributed by atoms with van der Waals surface area (Å²) in [6, 6.07) is 0. The lowest BCUT2D eigenvalue weighted by Gasteiger charge is -2.40. The first-order valence-corrected chi connectivity index (χ1v) is 7.24. The lowest BCUT2D eigenvalue weighted by molar-refractivity contribution is 0.263. The van der Waals surface area contributed by atoms with Crippen molar-refractivity contribution in [1.82, 2.24) is 19.7 Å². The zero-order chi connectivity index (χ0) is 14.2. The minimum Gasteiger partial charge on any atom is -0.363 e. The van der Waals surface area contributed by atoms with Gasteiger partial charge in [0, 0.05) is 13.6 Å². The van der Waals surface area contributed by atoms with Crippen LogP contribution < -0.4 is 11.1 Å². The monoisotopic (exact) mass is 274 g/mol. The van der Waals surface area contributed by atoms with Gasteiger partial charge in [-0.2, -0.15) is 5.10 Å². The molecule has 3 rings (SSSR count). The predicted molar refractivity (Wildman–Crippen MR) is 79.3 cm³/mol. The van der Waals surface area contributed by atoms with E-state index in [1.165, 1.54) is 12.8 Å². The minimum atomic E-state index is -0.0468. The Hall–Kier alpha value is -1.69. The van der Waals surface area contributed by atoms with E-state index in [1.807, 2.05) is 13.2 Å². The second-order valence-corrected chi connectivity index (χ2v) is 6.04. The minimum absolute atomic E-state index is 0.0468. The third-order valence-electron chi connectivity index (χ3n) is 4.40. The lowest BCUT2D eigenvalue weighted by atomic mass is 9.76. The van der Waals surface area contributed by atoms with Crippen molar-refractivity contribution in [1.29, 1.82) is 0 Å². The van der Waals surface area contributed by atoms with Gasteiger partial charge in [-0.15, -0.1) is 0 Å². The first-order valence-electron chi connectivity index (χ1n) is 7.24. The van der Waals surface area contributed by atoms with Crippen molar-refractivity contribution in [2.45, 2.75) is 38.1 Å². The van der Waals surface area contributed by atoms with Crippen LogP contribution in [0.4, 0.5) is 5.82 Å². The molecule has 0 aromatic carbocycles. The quantitative estimate of drug-likeness (QED) is 0.890. The number of hydrogen-bond donors (Lipinski definition) is 2. The molecule has 1 aliphatic carbocycles. The number of rotatable bonds is 3. The van der Waals surface area contributed by atoms with Crippen molar-refractivity contribution in [3.8, 4) is 0 Å². The topological polar surface area (TPSA) is 81.7 Å². The zero-order valence-electron chi connectivity index (χ0n) is 12.1. The first-order chi connectivity index (χ1) is 9.63. The highest BCUT2D eigenvalue weighted by molar-refractivity contribution is 5.86. The van der Waals surface area contributed by atoms with E-state index in [1.54, 1.807) is 11.0 Å². The lowest BCUT2D eigenvalue weighted by Crippen LogP contribution is -2.49. The first kappa shape index (κ1) is 13.3. The second-order valence-electron chi connectivity index (χ2n) is 6.04. The summed E-state index contributed by atoms with van der Waals surface area (Å²) in [5, 5.41) is 8.82. The standard InChI is InChI=1S/C14H22N6/c1-10-4-3-5-14(6-10,8-15)19-12-11-7-18-20(2)13(11)17-9-16-12/h7,9-10H,3-6,8,15H2,1-2H3,(H,16,17,19). The Morgan fingerprint density at radius 1 is 1.50 bits per heavy atom. The summed E-state index contributed by atoms with van der Waals surface area (Å²) >= 11 is 0. The SMILES string of the molecule is CC1CCCC(CN)(Nc2ncnc3c2cnn3C)C1. The molecule has 2 aromatic rings. The summed E-state index contributed by atoms with van der Waals surface area (Å²) < 4.78 is 1.76. The van der Waals surface area contributed by atoms with Gasteiger partial charge < -0.3 is 11.1 Å². The van der Waals surface area contributed by atoms with Crippen molar-refractivity contribution in [3.63, 3.8) is 0 Å². The molecule has 6 nitrogen and oxygen atoms in total. The molecule has 0 saturated heterocycles. The number of nitrogens with zero attached hydrogens (tertiary/aromatic N) is 4. The molecule has 2 atom stereocenters. The molecule has 0 aliphatic heterocycles. The van der Waals surface area contributed by atoms with Crippen LogP contribution in [-0.2, 0) is 7.05 Å². The van der Waals surface area contributed by atoms with Crippen LogP contribution in [0.5, 0.6) is 0 Å². The highest BCUT2D eigenvalue weighted by Crippen LogP contribution is 2.35. The highest BCUT2D eigenvalue weighted by atomic mass is 15.3. The molecular weight excluding hydrogens is 252 g/mol. The van der Waals surface area contributed by atoms with Gasteiger partial charge in [0.25, 0.3) is 0 Å². The Labute approximate surface area is 118 Å². The van der Waals surface area contributed by atoms with Crippen LogP contribution in [0.2, 0.25) is 0 Å². The van der Waals surface area contributed by atoms with E-state index in [-0.39, 0.29) is 5.54 Å². The number of nitrogens with two attached hydrogens (primary N) is 1. The number of anilines is 1. The summed E-state index contributed by atoms with van der Waals surface area (Å²) in [6.07, 6.45) is 8.09. The molecule has 0 amide bonds. The van der Waals surface area contributed by atoms with Gasteiger partial charge in [0.2, 0.25) is 0 Å². The molecule has 20 heavy (non-hydrogen) atoms. The third kappa shape index (κ3) is 2.24. The largest absolute Gasteiger partial charge is 0.363 e. The Bertz CT molecular complexity index is 607. The van der Waals surface area contributed by atoms with E-state index >= 15 is 0 Å². The summed E-state index contributed by atoms with van der Waals surface area (Å²) in [7, 11) is 1.89. The van der Waals surface area contributed by atoms with E-state index in [9.17, 15) is 0 Å². The normalized spacial score (nSPS) is 26.9. The van der Waals surface area contributed by atoms with Crippen molar-refractivity contribution in [2.24, 2.45) is 18.7 Å². The Kier molecular flexibility index (Phi) is 3.33. The third-order valence-corrected chi connectivity index (χ3v) is 4.40. The van der Waals surface area contributed by atoms with Gasteiger partial charge in [-0.3, -0.25) is 4.68 Å². The van der Waals surface area contributed by atoms with Gasteiger partial charge in [0.1, 0.15) is 12.1 Å². The maximum absolute atomic E-state index is 6.07. The van der Waals surface area contributed by atoms with Crippen molar-refractivity contribution < 1.29 is 0 Å². The average molecular weight is 274 g/mol. The van der Waals surface area contributed by atoms with Crippen molar-refractivity contribution in [2.75, 3.05) is 11.9 Å². The van der Waals surface area contributed by atoms with Crippen LogP contribution in [-0.4, -0.2) is 31.8 Å². The molecule has 3 N–H and O–H groups in total. The molecule has 0 bridgehead atoms. The van der Waals surface area contributed by atoms with Crippen LogP contribution in [0, 0.1) is 5.92 Å². The van der Waals surface area contributed by atoms with Crippen LogP contribution in [0.15, 0.2) is 12.5 Å². The van der Waals surface area contributed by atoms with E-state index in [0.29, 0.717) is 12.5 Å². The molecule has 2 aromatic heterocycles. The Morgan fingerprint density at radius 2 is 2.35 bits per heavy atom.